The van der Waals surface area contributed by atoms with Gasteiger partial charge in [-0.05, 0) is 18.2 Å². The van der Waals surface area contributed by atoms with Crippen LogP contribution in [0.5, 0.6) is 0 Å². The molecule has 0 aliphatic carbocycles. The minimum Gasteiger partial charge on any atom is -0.456 e. The van der Waals surface area contributed by atoms with Crippen LogP contribution in [0.3, 0.4) is 0 Å². The Morgan fingerprint density at radius 3 is 2.68 bits per heavy atom. The van der Waals surface area contributed by atoms with E-state index < -0.39 is 0 Å². The second-order valence-corrected chi connectivity index (χ2v) is 4.51. The van der Waals surface area contributed by atoms with Gasteiger partial charge in [-0.25, -0.2) is 0 Å². The zero-order chi connectivity index (χ0) is 13.2. The predicted molar refractivity (Wildman–Crippen MR) is 76.3 cm³/mol. The van der Waals surface area contributed by atoms with Crippen molar-refractivity contribution in [2.75, 3.05) is 0 Å². The second kappa shape index (κ2) is 4.73. The Morgan fingerprint density at radius 2 is 1.89 bits per heavy atom. The summed E-state index contributed by atoms with van der Waals surface area (Å²) in [6.07, 6.45) is 0.517. The SMILES string of the molecule is CCC(=O)c1cccc(-c2cc3ccccc3o2)c1. The lowest BCUT2D eigenvalue weighted by atomic mass is 10.0. The fourth-order valence-electron chi connectivity index (χ4n) is 2.17. The number of ketones is 1. The molecule has 0 saturated carbocycles. The van der Waals surface area contributed by atoms with Crippen molar-refractivity contribution in [1.29, 1.82) is 0 Å². The third-order valence-electron chi connectivity index (χ3n) is 3.22. The van der Waals surface area contributed by atoms with Crippen LogP contribution in [0, 0.1) is 0 Å². The van der Waals surface area contributed by atoms with E-state index in [0.717, 1.165) is 27.9 Å². The molecule has 0 aliphatic heterocycles. The lowest BCUT2D eigenvalue weighted by molar-refractivity contribution is 0.0988. The van der Waals surface area contributed by atoms with Gasteiger partial charge in [-0.2, -0.15) is 0 Å². The third kappa shape index (κ3) is 2.17. The number of fused-ring (bicyclic) bond motifs is 1. The van der Waals surface area contributed by atoms with E-state index in [-0.39, 0.29) is 5.78 Å². The molecule has 0 saturated heterocycles. The van der Waals surface area contributed by atoms with Gasteiger partial charge in [0, 0.05) is 22.9 Å². The molecule has 0 unspecified atom stereocenters. The number of carbonyl (C=O) groups is 1. The summed E-state index contributed by atoms with van der Waals surface area (Å²) in [5, 5.41) is 1.07. The van der Waals surface area contributed by atoms with Crippen molar-refractivity contribution in [1.82, 2.24) is 0 Å². The first-order valence-corrected chi connectivity index (χ1v) is 6.40. The highest BCUT2D eigenvalue weighted by Gasteiger charge is 2.08. The van der Waals surface area contributed by atoms with Gasteiger partial charge in [0.1, 0.15) is 11.3 Å². The minimum atomic E-state index is 0.151. The van der Waals surface area contributed by atoms with Crippen LogP contribution in [0.15, 0.2) is 59.0 Å². The molecule has 94 valence electrons. The second-order valence-electron chi connectivity index (χ2n) is 4.51. The van der Waals surface area contributed by atoms with E-state index in [1.165, 1.54) is 0 Å². The number of hydrogen-bond acceptors (Lipinski definition) is 2. The molecule has 0 aliphatic rings. The lowest BCUT2D eigenvalue weighted by Gasteiger charge is -2.00. The van der Waals surface area contributed by atoms with Crippen LogP contribution in [0.4, 0.5) is 0 Å². The molecule has 1 heterocycles. The van der Waals surface area contributed by atoms with Gasteiger partial charge in [-0.3, -0.25) is 4.79 Å². The number of Topliss-reactive ketones (excluding diaryl/α,β-unsaturated/α-hetero) is 1. The van der Waals surface area contributed by atoms with E-state index in [1.807, 2.05) is 61.5 Å². The van der Waals surface area contributed by atoms with Gasteiger partial charge in [0.25, 0.3) is 0 Å². The number of carbonyl (C=O) groups excluding carboxylic acids is 1. The smallest absolute Gasteiger partial charge is 0.162 e. The van der Waals surface area contributed by atoms with Gasteiger partial charge in [-0.1, -0.05) is 43.3 Å². The molecular formula is C17H14O2. The molecule has 1 aromatic heterocycles. The van der Waals surface area contributed by atoms with Crippen molar-refractivity contribution >= 4 is 16.8 Å². The number of benzene rings is 2. The van der Waals surface area contributed by atoms with Crippen molar-refractivity contribution in [3.63, 3.8) is 0 Å². The highest BCUT2D eigenvalue weighted by Crippen LogP contribution is 2.28. The first-order valence-electron chi connectivity index (χ1n) is 6.40. The molecule has 3 rings (SSSR count). The Bertz CT molecular complexity index is 705. The molecule has 0 atom stereocenters. The fraction of sp³-hybridized carbons (Fsp3) is 0.118. The van der Waals surface area contributed by atoms with Gasteiger partial charge in [0.05, 0.1) is 0 Å². The maximum Gasteiger partial charge on any atom is 0.162 e. The molecule has 0 amide bonds. The summed E-state index contributed by atoms with van der Waals surface area (Å²) < 4.78 is 5.81. The number of hydrogen-bond donors (Lipinski definition) is 0. The molecule has 0 spiro atoms. The Kier molecular flexibility index (Phi) is 2.92. The largest absolute Gasteiger partial charge is 0.456 e. The van der Waals surface area contributed by atoms with Crippen LogP contribution < -0.4 is 0 Å². The molecule has 0 fully saturated rings. The van der Waals surface area contributed by atoms with E-state index in [2.05, 4.69) is 0 Å². The number of para-hydroxylation sites is 1. The third-order valence-corrected chi connectivity index (χ3v) is 3.22. The van der Waals surface area contributed by atoms with Crippen LogP contribution in [-0.4, -0.2) is 5.78 Å². The summed E-state index contributed by atoms with van der Waals surface area (Å²) in [5.41, 5.74) is 2.54. The molecular weight excluding hydrogens is 236 g/mol. The average Bonchev–Trinajstić information content (AvgIpc) is 2.90. The summed E-state index contributed by atoms with van der Waals surface area (Å²) in [6.45, 7) is 1.87. The summed E-state index contributed by atoms with van der Waals surface area (Å²) in [4.78, 5) is 11.7. The Balaban J connectivity index is 2.08. The van der Waals surface area contributed by atoms with Crippen molar-refractivity contribution in [2.45, 2.75) is 13.3 Å². The van der Waals surface area contributed by atoms with Crippen LogP contribution in [-0.2, 0) is 0 Å². The molecule has 3 aromatic rings. The summed E-state index contributed by atoms with van der Waals surface area (Å²) >= 11 is 0. The molecule has 0 radical (unpaired) electrons. The van der Waals surface area contributed by atoms with E-state index in [0.29, 0.717) is 6.42 Å². The number of furan rings is 1. The van der Waals surface area contributed by atoms with Crippen LogP contribution in [0.25, 0.3) is 22.3 Å². The van der Waals surface area contributed by atoms with E-state index >= 15 is 0 Å². The van der Waals surface area contributed by atoms with Crippen LogP contribution in [0.1, 0.15) is 23.7 Å². The van der Waals surface area contributed by atoms with Crippen molar-refractivity contribution in [3.8, 4) is 11.3 Å². The normalized spacial score (nSPS) is 10.8. The van der Waals surface area contributed by atoms with Gasteiger partial charge in [0.2, 0.25) is 0 Å². The number of rotatable bonds is 3. The molecule has 0 bridgehead atoms. The average molecular weight is 250 g/mol. The van der Waals surface area contributed by atoms with Crippen LogP contribution in [0.2, 0.25) is 0 Å². The summed E-state index contributed by atoms with van der Waals surface area (Å²) in [6, 6.07) is 17.5. The standard InChI is InChI=1S/C17H14O2/c1-2-15(18)12-7-5-8-13(10-12)17-11-14-6-3-4-9-16(14)19-17/h3-11H,2H2,1H3. The molecule has 0 N–H and O–H groups in total. The quantitative estimate of drug-likeness (QED) is 0.631. The summed E-state index contributed by atoms with van der Waals surface area (Å²) in [7, 11) is 0. The first kappa shape index (κ1) is 11.7. The first-order chi connectivity index (χ1) is 9.28. The van der Waals surface area contributed by atoms with Crippen molar-refractivity contribution in [3.05, 3.63) is 60.2 Å². The van der Waals surface area contributed by atoms with E-state index in [1.54, 1.807) is 0 Å². The maximum absolute atomic E-state index is 11.7. The Hall–Kier alpha value is -2.35. The highest BCUT2D eigenvalue weighted by molar-refractivity contribution is 5.97. The predicted octanol–water partition coefficient (Wildman–Crippen LogP) is 4.69. The lowest BCUT2D eigenvalue weighted by Crippen LogP contribution is -1.95. The van der Waals surface area contributed by atoms with Crippen molar-refractivity contribution in [2.24, 2.45) is 0 Å². The van der Waals surface area contributed by atoms with Gasteiger partial charge >= 0.3 is 0 Å². The van der Waals surface area contributed by atoms with E-state index in [9.17, 15) is 4.79 Å². The zero-order valence-electron chi connectivity index (χ0n) is 10.7. The van der Waals surface area contributed by atoms with Crippen molar-refractivity contribution < 1.29 is 9.21 Å². The highest BCUT2D eigenvalue weighted by atomic mass is 16.3. The van der Waals surface area contributed by atoms with E-state index in [4.69, 9.17) is 4.42 Å². The monoisotopic (exact) mass is 250 g/mol. The van der Waals surface area contributed by atoms with Crippen LogP contribution >= 0.6 is 0 Å². The maximum atomic E-state index is 11.7. The molecule has 2 heteroatoms. The molecule has 19 heavy (non-hydrogen) atoms. The van der Waals surface area contributed by atoms with Gasteiger partial charge < -0.3 is 4.42 Å². The van der Waals surface area contributed by atoms with Gasteiger partial charge in [0.15, 0.2) is 5.78 Å². The Morgan fingerprint density at radius 1 is 1.05 bits per heavy atom. The summed E-state index contributed by atoms with van der Waals surface area (Å²) in [5.74, 6) is 0.949. The minimum absolute atomic E-state index is 0.151. The molecule has 2 nitrogen and oxygen atoms in total. The molecule has 2 aromatic carbocycles. The fourth-order valence-corrected chi connectivity index (χ4v) is 2.17. The zero-order valence-corrected chi connectivity index (χ0v) is 10.7. The Labute approximate surface area is 111 Å². The van der Waals surface area contributed by atoms with Gasteiger partial charge in [-0.15, -0.1) is 0 Å². The topological polar surface area (TPSA) is 30.2 Å².